The molecular formula is C8H15NO5. The summed E-state index contributed by atoms with van der Waals surface area (Å²) in [7, 11) is 0. The second-order valence-electron chi connectivity index (χ2n) is 2.61. The second-order valence-corrected chi connectivity index (χ2v) is 2.61. The second kappa shape index (κ2) is 7.14. The van der Waals surface area contributed by atoms with Crippen LogP contribution in [-0.4, -0.2) is 43.0 Å². The Morgan fingerprint density at radius 2 is 2.07 bits per heavy atom. The van der Waals surface area contributed by atoms with Gasteiger partial charge in [-0.2, -0.15) is 0 Å². The van der Waals surface area contributed by atoms with Crippen molar-refractivity contribution < 1.29 is 24.2 Å². The molecule has 0 fully saturated rings. The molecule has 0 saturated carbocycles. The highest BCUT2D eigenvalue weighted by atomic mass is 16.6. The lowest BCUT2D eigenvalue weighted by Crippen LogP contribution is -2.32. The fourth-order valence-corrected chi connectivity index (χ4v) is 0.604. The van der Waals surface area contributed by atoms with E-state index in [-0.39, 0.29) is 19.8 Å². The average Bonchev–Trinajstić information content (AvgIpc) is 2.12. The van der Waals surface area contributed by atoms with Gasteiger partial charge in [0.1, 0.15) is 13.2 Å². The van der Waals surface area contributed by atoms with Crippen molar-refractivity contribution in [2.45, 2.75) is 20.0 Å². The first-order valence-corrected chi connectivity index (χ1v) is 4.30. The SMILES string of the molecule is CCOC(=O)CNC(=O)OCC(C)O. The Hall–Kier alpha value is -1.30. The van der Waals surface area contributed by atoms with E-state index in [9.17, 15) is 9.59 Å². The quantitative estimate of drug-likeness (QED) is 0.599. The molecule has 6 heteroatoms. The van der Waals surface area contributed by atoms with Crippen LogP contribution in [0.25, 0.3) is 0 Å². The van der Waals surface area contributed by atoms with Crippen molar-refractivity contribution in [2.24, 2.45) is 0 Å². The predicted molar refractivity (Wildman–Crippen MR) is 47.7 cm³/mol. The van der Waals surface area contributed by atoms with Crippen molar-refractivity contribution in [3.8, 4) is 0 Å². The molecule has 0 aromatic rings. The molecule has 1 atom stereocenters. The summed E-state index contributed by atoms with van der Waals surface area (Å²) in [5.74, 6) is -0.526. The molecule has 0 radical (unpaired) electrons. The maximum atomic E-state index is 10.8. The lowest BCUT2D eigenvalue weighted by molar-refractivity contribution is -0.141. The minimum Gasteiger partial charge on any atom is -0.465 e. The standard InChI is InChI=1S/C8H15NO5/c1-3-13-7(11)4-9-8(12)14-5-6(2)10/h6,10H,3-5H2,1-2H3,(H,9,12). The highest BCUT2D eigenvalue weighted by Gasteiger charge is 2.07. The molecule has 0 aromatic carbocycles. The van der Waals surface area contributed by atoms with Crippen molar-refractivity contribution in [2.75, 3.05) is 19.8 Å². The number of carbonyl (C=O) groups excluding carboxylic acids is 2. The number of hydrogen-bond donors (Lipinski definition) is 2. The van der Waals surface area contributed by atoms with Crippen LogP contribution in [0.1, 0.15) is 13.8 Å². The summed E-state index contributed by atoms with van der Waals surface area (Å²) in [6, 6.07) is 0. The van der Waals surface area contributed by atoms with Crippen LogP contribution in [-0.2, 0) is 14.3 Å². The van der Waals surface area contributed by atoms with Gasteiger partial charge >= 0.3 is 12.1 Å². The Morgan fingerprint density at radius 1 is 1.43 bits per heavy atom. The van der Waals surface area contributed by atoms with Gasteiger partial charge in [0.15, 0.2) is 0 Å². The first-order valence-electron chi connectivity index (χ1n) is 4.30. The first-order chi connectivity index (χ1) is 6.56. The molecule has 0 saturated heterocycles. The van der Waals surface area contributed by atoms with E-state index in [1.807, 2.05) is 0 Å². The molecule has 0 aliphatic heterocycles. The van der Waals surface area contributed by atoms with Crippen LogP contribution < -0.4 is 5.32 Å². The number of carbonyl (C=O) groups is 2. The minimum absolute atomic E-state index is 0.103. The number of aliphatic hydroxyl groups is 1. The summed E-state index contributed by atoms with van der Waals surface area (Å²) in [5.41, 5.74) is 0. The molecule has 1 amide bonds. The van der Waals surface area contributed by atoms with Crippen molar-refractivity contribution in [1.82, 2.24) is 5.32 Å². The largest absolute Gasteiger partial charge is 0.465 e. The molecule has 0 bridgehead atoms. The third-order valence-corrected chi connectivity index (χ3v) is 1.14. The molecule has 82 valence electrons. The van der Waals surface area contributed by atoms with Crippen molar-refractivity contribution in [3.63, 3.8) is 0 Å². The van der Waals surface area contributed by atoms with Gasteiger partial charge in [-0.05, 0) is 13.8 Å². The highest BCUT2D eigenvalue weighted by Crippen LogP contribution is 1.84. The van der Waals surface area contributed by atoms with E-state index >= 15 is 0 Å². The Morgan fingerprint density at radius 3 is 2.57 bits per heavy atom. The number of nitrogens with one attached hydrogen (secondary N) is 1. The fraction of sp³-hybridized carbons (Fsp3) is 0.750. The van der Waals surface area contributed by atoms with Gasteiger partial charge in [0.25, 0.3) is 0 Å². The first kappa shape index (κ1) is 12.7. The third-order valence-electron chi connectivity index (χ3n) is 1.14. The normalized spacial score (nSPS) is 11.6. The van der Waals surface area contributed by atoms with Crippen molar-refractivity contribution in [3.05, 3.63) is 0 Å². The monoisotopic (exact) mass is 205 g/mol. The molecule has 0 aromatic heterocycles. The van der Waals surface area contributed by atoms with Crippen LogP contribution in [0.5, 0.6) is 0 Å². The smallest absolute Gasteiger partial charge is 0.407 e. The zero-order valence-electron chi connectivity index (χ0n) is 8.28. The molecule has 2 N–H and O–H groups in total. The number of amides is 1. The van der Waals surface area contributed by atoms with E-state index in [1.54, 1.807) is 6.92 Å². The van der Waals surface area contributed by atoms with Crippen molar-refractivity contribution >= 4 is 12.1 Å². The maximum absolute atomic E-state index is 10.8. The number of aliphatic hydroxyl groups excluding tert-OH is 1. The van der Waals surface area contributed by atoms with E-state index in [0.717, 1.165) is 0 Å². The summed E-state index contributed by atoms with van der Waals surface area (Å²) >= 11 is 0. The van der Waals surface area contributed by atoms with Gasteiger partial charge in [-0.3, -0.25) is 4.79 Å². The zero-order chi connectivity index (χ0) is 11.0. The zero-order valence-corrected chi connectivity index (χ0v) is 8.28. The van der Waals surface area contributed by atoms with Gasteiger partial charge in [0.05, 0.1) is 12.7 Å². The van der Waals surface area contributed by atoms with E-state index in [2.05, 4.69) is 14.8 Å². The third kappa shape index (κ3) is 7.35. The molecule has 1 unspecified atom stereocenters. The van der Waals surface area contributed by atoms with Crippen LogP contribution in [0.2, 0.25) is 0 Å². The van der Waals surface area contributed by atoms with E-state index < -0.39 is 18.2 Å². The highest BCUT2D eigenvalue weighted by molar-refractivity contribution is 5.77. The average molecular weight is 205 g/mol. The topological polar surface area (TPSA) is 84.9 Å². The van der Waals surface area contributed by atoms with Gasteiger partial charge in [-0.15, -0.1) is 0 Å². The van der Waals surface area contributed by atoms with Crippen LogP contribution >= 0.6 is 0 Å². The minimum atomic E-state index is -0.751. The lowest BCUT2D eigenvalue weighted by Gasteiger charge is -2.07. The number of alkyl carbamates (subject to hydrolysis) is 1. The van der Waals surface area contributed by atoms with E-state index in [0.29, 0.717) is 0 Å². The van der Waals surface area contributed by atoms with Crippen LogP contribution in [0.3, 0.4) is 0 Å². The van der Waals surface area contributed by atoms with E-state index in [1.165, 1.54) is 6.92 Å². The molecule has 6 nitrogen and oxygen atoms in total. The van der Waals surface area contributed by atoms with Crippen LogP contribution in [0.15, 0.2) is 0 Å². The lowest BCUT2D eigenvalue weighted by atomic mass is 10.4. The molecule has 0 rings (SSSR count). The van der Waals surface area contributed by atoms with Crippen molar-refractivity contribution in [1.29, 1.82) is 0 Å². The maximum Gasteiger partial charge on any atom is 0.407 e. The number of rotatable bonds is 5. The number of esters is 1. The van der Waals surface area contributed by atoms with Gasteiger partial charge in [0.2, 0.25) is 0 Å². The number of ether oxygens (including phenoxy) is 2. The fourth-order valence-electron chi connectivity index (χ4n) is 0.604. The Labute approximate surface area is 82.2 Å². The predicted octanol–water partition coefficient (Wildman–Crippen LogP) is -0.343. The van der Waals surface area contributed by atoms with Gasteiger partial charge < -0.3 is 19.9 Å². The summed E-state index contributed by atoms with van der Waals surface area (Å²) in [5, 5.41) is 10.9. The molecule has 0 aliphatic rings. The Kier molecular flexibility index (Phi) is 6.47. The summed E-state index contributed by atoms with van der Waals surface area (Å²) in [4.78, 5) is 21.5. The van der Waals surface area contributed by atoms with Crippen LogP contribution in [0.4, 0.5) is 4.79 Å². The molecule has 0 aliphatic carbocycles. The van der Waals surface area contributed by atoms with Crippen LogP contribution in [0, 0.1) is 0 Å². The van der Waals surface area contributed by atoms with Gasteiger partial charge in [-0.25, -0.2) is 4.79 Å². The molecule has 0 spiro atoms. The Bertz CT molecular complexity index is 192. The molecular weight excluding hydrogens is 190 g/mol. The van der Waals surface area contributed by atoms with Gasteiger partial charge in [0, 0.05) is 0 Å². The number of hydrogen-bond acceptors (Lipinski definition) is 5. The summed E-state index contributed by atoms with van der Waals surface area (Å²) < 4.78 is 9.08. The summed E-state index contributed by atoms with van der Waals surface area (Å²) in [6.07, 6.45) is -1.47. The summed E-state index contributed by atoms with van der Waals surface area (Å²) in [6.45, 7) is 3.09. The van der Waals surface area contributed by atoms with E-state index in [4.69, 9.17) is 5.11 Å². The molecule has 0 heterocycles. The van der Waals surface area contributed by atoms with Gasteiger partial charge in [-0.1, -0.05) is 0 Å². The Balaban J connectivity index is 3.48. The molecule has 14 heavy (non-hydrogen) atoms.